The van der Waals surface area contributed by atoms with E-state index < -0.39 is 11.6 Å². The van der Waals surface area contributed by atoms with Gasteiger partial charge in [0.15, 0.2) is 4.34 Å². The van der Waals surface area contributed by atoms with Crippen LogP contribution in [0, 0.1) is 17.6 Å². The summed E-state index contributed by atoms with van der Waals surface area (Å²) in [4.78, 5) is 12.0. The van der Waals surface area contributed by atoms with Gasteiger partial charge in [0, 0.05) is 17.7 Å². The quantitative estimate of drug-likeness (QED) is 0.539. The van der Waals surface area contributed by atoms with E-state index in [4.69, 9.17) is 0 Å². The number of thioether (sulfide) groups is 1. The summed E-state index contributed by atoms with van der Waals surface area (Å²) in [6, 6.07) is 3.80. The first-order valence-corrected chi connectivity index (χ1v) is 10.1. The minimum absolute atomic E-state index is 0.0184. The molecule has 1 fully saturated rings. The van der Waals surface area contributed by atoms with Crippen molar-refractivity contribution in [1.29, 1.82) is 0 Å². The molecule has 1 saturated carbocycles. The van der Waals surface area contributed by atoms with Crippen LogP contribution in [0.25, 0.3) is 0 Å². The summed E-state index contributed by atoms with van der Waals surface area (Å²) in [6.07, 6.45) is 6.39. The number of carbonyl (C=O) groups is 1. The van der Waals surface area contributed by atoms with E-state index in [1.165, 1.54) is 67.0 Å². The van der Waals surface area contributed by atoms with Gasteiger partial charge in [-0.25, -0.2) is 8.78 Å². The third kappa shape index (κ3) is 5.22. The molecule has 0 saturated heterocycles. The molecule has 0 aliphatic heterocycles. The van der Waals surface area contributed by atoms with Crippen LogP contribution in [0.5, 0.6) is 0 Å². The Kier molecular flexibility index (Phi) is 6.36. The highest BCUT2D eigenvalue weighted by atomic mass is 32.2. The largest absolute Gasteiger partial charge is 0.301 e. The predicted octanol–water partition coefficient (Wildman–Crippen LogP) is 5.02. The Hall–Kier alpha value is -1.54. The van der Waals surface area contributed by atoms with Crippen LogP contribution in [0.4, 0.5) is 13.9 Å². The zero-order valence-electron chi connectivity index (χ0n) is 13.6. The molecule has 1 amide bonds. The molecule has 1 aromatic carbocycles. The molecule has 1 aromatic heterocycles. The van der Waals surface area contributed by atoms with Crippen molar-refractivity contribution in [2.24, 2.45) is 5.92 Å². The molecule has 4 nitrogen and oxygen atoms in total. The van der Waals surface area contributed by atoms with E-state index in [0.29, 0.717) is 21.8 Å². The van der Waals surface area contributed by atoms with Gasteiger partial charge in [-0.2, -0.15) is 0 Å². The highest BCUT2D eigenvalue weighted by Gasteiger charge is 2.17. The minimum atomic E-state index is -0.572. The Morgan fingerprint density at radius 2 is 1.96 bits per heavy atom. The van der Waals surface area contributed by atoms with Crippen molar-refractivity contribution in [2.75, 3.05) is 5.32 Å². The fraction of sp³-hybridized carbons (Fsp3) is 0.471. The highest BCUT2D eigenvalue weighted by molar-refractivity contribution is 8.00. The normalized spacial score (nSPS) is 14.8. The van der Waals surface area contributed by atoms with Crippen molar-refractivity contribution in [2.45, 2.75) is 48.6 Å². The molecule has 0 unspecified atom stereocenters. The Bertz CT molecular complexity index is 712. The summed E-state index contributed by atoms with van der Waals surface area (Å²) in [5.74, 6) is -0.403. The van der Waals surface area contributed by atoms with E-state index in [9.17, 15) is 13.6 Å². The summed E-state index contributed by atoms with van der Waals surface area (Å²) in [6.45, 7) is 0. The lowest BCUT2D eigenvalue weighted by Gasteiger charge is -2.07. The second kappa shape index (κ2) is 8.71. The highest BCUT2D eigenvalue weighted by Crippen LogP contribution is 2.31. The zero-order valence-corrected chi connectivity index (χ0v) is 15.3. The predicted molar refractivity (Wildman–Crippen MR) is 95.6 cm³/mol. The standard InChI is InChI=1S/C17H19F2N3OS2/c18-13-6-3-7-14(19)12(13)10-24-17-22-21-16(25-17)20-15(23)9-8-11-4-1-2-5-11/h3,6-7,11H,1-2,4-5,8-10H2,(H,20,21,23). The van der Waals surface area contributed by atoms with E-state index >= 15 is 0 Å². The number of nitrogens with one attached hydrogen (secondary N) is 1. The van der Waals surface area contributed by atoms with Crippen LogP contribution in [0.1, 0.15) is 44.1 Å². The van der Waals surface area contributed by atoms with Crippen LogP contribution >= 0.6 is 23.1 Å². The van der Waals surface area contributed by atoms with Crippen molar-refractivity contribution in [1.82, 2.24) is 10.2 Å². The number of amides is 1. The number of benzene rings is 1. The number of rotatable bonds is 7. The first-order valence-electron chi connectivity index (χ1n) is 8.31. The second-order valence-electron chi connectivity index (χ2n) is 6.10. The summed E-state index contributed by atoms with van der Waals surface area (Å²) in [5, 5.41) is 11.1. The number of anilines is 1. The summed E-state index contributed by atoms with van der Waals surface area (Å²) in [5.41, 5.74) is 0.0184. The van der Waals surface area contributed by atoms with Crippen LogP contribution in [-0.2, 0) is 10.5 Å². The maximum atomic E-state index is 13.6. The van der Waals surface area contributed by atoms with E-state index in [-0.39, 0.29) is 17.2 Å². The number of nitrogens with zero attached hydrogens (tertiary/aromatic N) is 2. The smallest absolute Gasteiger partial charge is 0.226 e. The van der Waals surface area contributed by atoms with Gasteiger partial charge in [-0.05, 0) is 24.5 Å². The monoisotopic (exact) mass is 383 g/mol. The van der Waals surface area contributed by atoms with Crippen molar-refractivity contribution in [3.8, 4) is 0 Å². The molecule has 0 spiro atoms. The van der Waals surface area contributed by atoms with E-state index in [1.54, 1.807) is 0 Å². The van der Waals surface area contributed by atoms with Gasteiger partial charge < -0.3 is 5.32 Å². The molecule has 134 valence electrons. The zero-order chi connectivity index (χ0) is 17.6. The molecular weight excluding hydrogens is 364 g/mol. The average Bonchev–Trinajstić information content (AvgIpc) is 3.24. The summed E-state index contributed by atoms with van der Waals surface area (Å²) < 4.78 is 27.8. The summed E-state index contributed by atoms with van der Waals surface area (Å²) in [7, 11) is 0. The fourth-order valence-electron chi connectivity index (χ4n) is 2.94. The number of hydrogen-bond acceptors (Lipinski definition) is 5. The topological polar surface area (TPSA) is 54.9 Å². The Balaban J connectivity index is 1.47. The van der Waals surface area contributed by atoms with Gasteiger partial charge in [0.25, 0.3) is 0 Å². The maximum absolute atomic E-state index is 13.6. The van der Waals surface area contributed by atoms with Crippen LogP contribution in [-0.4, -0.2) is 16.1 Å². The van der Waals surface area contributed by atoms with Crippen LogP contribution in [0.2, 0.25) is 0 Å². The molecule has 1 aliphatic rings. The fourth-order valence-corrected chi connectivity index (χ4v) is 4.72. The molecule has 1 N–H and O–H groups in total. The second-order valence-corrected chi connectivity index (χ2v) is 8.30. The third-order valence-electron chi connectivity index (χ3n) is 4.31. The lowest BCUT2D eigenvalue weighted by Crippen LogP contribution is -2.12. The lowest BCUT2D eigenvalue weighted by atomic mass is 10.0. The van der Waals surface area contributed by atoms with Crippen LogP contribution in [0.3, 0.4) is 0 Å². The van der Waals surface area contributed by atoms with Gasteiger partial charge >= 0.3 is 0 Å². The minimum Gasteiger partial charge on any atom is -0.301 e. The summed E-state index contributed by atoms with van der Waals surface area (Å²) >= 11 is 2.41. The Labute approximate surface area is 153 Å². The van der Waals surface area contributed by atoms with Gasteiger partial charge in [0.2, 0.25) is 11.0 Å². The average molecular weight is 383 g/mol. The molecule has 0 radical (unpaired) electrons. The number of carbonyl (C=O) groups excluding carboxylic acids is 1. The molecule has 0 atom stereocenters. The Morgan fingerprint density at radius 3 is 2.68 bits per heavy atom. The van der Waals surface area contributed by atoms with Gasteiger partial charge in [0.05, 0.1) is 0 Å². The van der Waals surface area contributed by atoms with E-state index in [0.717, 1.165) is 6.42 Å². The number of aromatic nitrogens is 2. The molecule has 3 rings (SSSR count). The number of hydrogen-bond donors (Lipinski definition) is 1. The van der Waals surface area contributed by atoms with E-state index in [2.05, 4.69) is 15.5 Å². The molecule has 0 bridgehead atoms. The van der Waals surface area contributed by atoms with Crippen molar-refractivity contribution in [3.63, 3.8) is 0 Å². The first-order chi connectivity index (χ1) is 12.1. The van der Waals surface area contributed by atoms with Gasteiger partial charge in [-0.1, -0.05) is 54.8 Å². The first kappa shape index (κ1) is 18.3. The van der Waals surface area contributed by atoms with E-state index in [1.807, 2.05) is 0 Å². The van der Waals surface area contributed by atoms with Crippen LogP contribution in [0.15, 0.2) is 22.5 Å². The molecular formula is C17H19F2N3OS2. The SMILES string of the molecule is O=C(CCC1CCCC1)Nc1nnc(SCc2c(F)cccc2F)s1. The maximum Gasteiger partial charge on any atom is 0.226 e. The lowest BCUT2D eigenvalue weighted by molar-refractivity contribution is -0.116. The third-order valence-corrected chi connectivity index (χ3v) is 6.31. The van der Waals surface area contributed by atoms with Gasteiger partial charge in [-0.3, -0.25) is 4.79 Å². The van der Waals surface area contributed by atoms with Crippen molar-refractivity contribution in [3.05, 3.63) is 35.4 Å². The van der Waals surface area contributed by atoms with Crippen molar-refractivity contribution >= 4 is 34.1 Å². The number of halogens is 2. The Morgan fingerprint density at radius 1 is 1.24 bits per heavy atom. The van der Waals surface area contributed by atoms with Gasteiger partial charge in [-0.15, -0.1) is 10.2 Å². The molecule has 1 heterocycles. The molecule has 2 aromatic rings. The molecule has 8 heteroatoms. The molecule has 1 aliphatic carbocycles. The van der Waals surface area contributed by atoms with Crippen molar-refractivity contribution < 1.29 is 13.6 Å². The van der Waals surface area contributed by atoms with Gasteiger partial charge in [0.1, 0.15) is 11.6 Å². The van der Waals surface area contributed by atoms with Crippen LogP contribution < -0.4 is 5.32 Å². The molecule has 25 heavy (non-hydrogen) atoms.